The lowest BCUT2D eigenvalue weighted by Crippen LogP contribution is -2.38. The maximum Gasteiger partial charge on any atom is 0.306 e. The third-order valence-electron chi connectivity index (χ3n) is 4.36. The molecule has 3 nitrogen and oxygen atoms in total. The Morgan fingerprint density at radius 2 is 1.65 bits per heavy atom. The van der Waals surface area contributed by atoms with Gasteiger partial charge in [-0.15, -0.1) is 0 Å². The summed E-state index contributed by atoms with van der Waals surface area (Å²) in [5, 5.41) is 10.6. The second kappa shape index (κ2) is 6.05. The number of hydrogen-bond donors (Lipinski definition) is 1. The van der Waals surface area contributed by atoms with Crippen molar-refractivity contribution in [3.05, 3.63) is 0 Å². The molecule has 0 bridgehead atoms. The summed E-state index contributed by atoms with van der Waals surface area (Å²) < 4.78 is 5.30. The molecular formula is C17H32O3. The van der Waals surface area contributed by atoms with E-state index in [1.54, 1.807) is 0 Å². The Bertz CT molecular complexity index is 325. The van der Waals surface area contributed by atoms with Gasteiger partial charge in [-0.2, -0.15) is 0 Å². The highest BCUT2D eigenvalue weighted by Gasteiger charge is 2.37. The summed E-state index contributed by atoms with van der Waals surface area (Å²) in [5.41, 5.74) is -0.797. The number of rotatable bonds is 3. The Hall–Kier alpha value is -0.570. The van der Waals surface area contributed by atoms with E-state index in [9.17, 15) is 9.90 Å². The van der Waals surface area contributed by atoms with Gasteiger partial charge in [-0.3, -0.25) is 4.79 Å². The lowest BCUT2D eigenvalue weighted by atomic mass is 9.67. The summed E-state index contributed by atoms with van der Waals surface area (Å²) in [5.74, 6) is 0.466. The zero-order valence-corrected chi connectivity index (χ0v) is 14.1. The number of carbonyl (C=O) groups excluding carboxylic acids is 1. The molecule has 20 heavy (non-hydrogen) atoms. The highest BCUT2D eigenvalue weighted by molar-refractivity contribution is 5.69. The molecule has 0 atom stereocenters. The van der Waals surface area contributed by atoms with Crippen LogP contribution >= 0.6 is 0 Å². The molecule has 1 aliphatic rings. The zero-order valence-electron chi connectivity index (χ0n) is 14.1. The van der Waals surface area contributed by atoms with Crippen LogP contribution in [0.5, 0.6) is 0 Å². The van der Waals surface area contributed by atoms with Crippen molar-refractivity contribution >= 4 is 5.97 Å². The average Bonchev–Trinajstić information content (AvgIpc) is 2.23. The van der Waals surface area contributed by atoms with Gasteiger partial charge in [0, 0.05) is 6.42 Å². The van der Waals surface area contributed by atoms with Gasteiger partial charge in [0.2, 0.25) is 0 Å². The quantitative estimate of drug-likeness (QED) is 0.794. The molecule has 0 aliphatic heterocycles. The minimum atomic E-state index is -0.668. The van der Waals surface area contributed by atoms with Gasteiger partial charge in [0.1, 0.15) is 5.60 Å². The highest BCUT2D eigenvalue weighted by Crippen LogP contribution is 2.42. The van der Waals surface area contributed by atoms with Crippen molar-refractivity contribution in [3.63, 3.8) is 0 Å². The van der Waals surface area contributed by atoms with Crippen LogP contribution in [0.25, 0.3) is 0 Å². The molecule has 1 rings (SSSR count). The third kappa shape index (κ3) is 5.82. The molecule has 0 aromatic rings. The van der Waals surface area contributed by atoms with Crippen LogP contribution in [0.1, 0.15) is 80.1 Å². The van der Waals surface area contributed by atoms with Gasteiger partial charge in [0.25, 0.3) is 0 Å². The molecule has 3 heteroatoms. The Morgan fingerprint density at radius 1 is 1.15 bits per heavy atom. The largest absolute Gasteiger partial charge is 0.460 e. The Kier molecular flexibility index (Phi) is 5.29. The molecule has 1 N–H and O–H groups in total. The standard InChI is InChI=1S/C17H32O3/c1-15(2,3)13-7-10-17(19,11-8-13)12-9-14(18)20-16(4,5)6/h13,19H,7-12H2,1-6H3. The van der Waals surface area contributed by atoms with E-state index in [1.807, 2.05) is 20.8 Å². The second-order valence-corrected chi connectivity index (χ2v) is 8.45. The van der Waals surface area contributed by atoms with Crippen molar-refractivity contribution in [2.45, 2.75) is 91.3 Å². The average molecular weight is 284 g/mol. The fourth-order valence-electron chi connectivity index (χ4n) is 3.00. The van der Waals surface area contributed by atoms with Gasteiger partial charge in [-0.05, 0) is 64.2 Å². The zero-order chi connectivity index (χ0) is 15.6. The van der Waals surface area contributed by atoms with E-state index in [2.05, 4.69) is 20.8 Å². The fraction of sp³-hybridized carbons (Fsp3) is 0.941. The normalized spacial score (nSPS) is 28.2. The van der Waals surface area contributed by atoms with Crippen molar-refractivity contribution in [2.75, 3.05) is 0 Å². The summed E-state index contributed by atoms with van der Waals surface area (Å²) in [7, 11) is 0. The molecule has 0 saturated heterocycles. The van der Waals surface area contributed by atoms with E-state index in [4.69, 9.17) is 4.74 Å². The van der Waals surface area contributed by atoms with Crippen LogP contribution in [-0.2, 0) is 9.53 Å². The van der Waals surface area contributed by atoms with Gasteiger partial charge < -0.3 is 9.84 Å². The fourth-order valence-corrected chi connectivity index (χ4v) is 3.00. The minimum absolute atomic E-state index is 0.205. The first kappa shape index (κ1) is 17.5. The summed E-state index contributed by atoms with van der Waals surface area (Å²) in [6.07, 6.45) is 4.55. The molecule has 1 aliphatic carbocycles. The first-order chi connectivity index (χ1) is 8.91. The van der Waals surface area contributed by atoms with Crippen molar-refractivity contribution < 1.29 is 14.6 Å². The van der Waals surface area contributed by atoms with E-state index < -0.39 is 11.2 Å². The van der Waals surface area contributed by atoms with Crippen LogP contribution in [0.3, 0.4) is 0 Å². The van der Waals surface area contributed by atoms with Crippen LogP contribution in [0, 0.1) is 11.3 Å². The summed E-state index contributed by atoms with van der Waals surface area (Å²) in [6.45, 7) is 12.4. The van der Waals surface area contributed by atoms with Crippen molar-refractivity contribution in [1.29, 1.82) is 0 Å². The summed E-state index contributed by atoms with van der Waals surface area (Å²) in [4.78, 5) is 11.7. The van der Waals surface area contributed by atoms with E-state index in [0.717, 1.165) is 25.7 Å². The van der Waals surface area contributed by atoms with Gasteiger partial charge in [-0.1, -0.05) is 20.8 Å². The number of esters is 1. The molecule has 0 radical (unpaired) electrons. The van der Waals surface area contributed by atoms with E-state index in [1.165, 1.54) is 0 Å². The number of carbonyl (C=O) groups is 1. The molecule has 0 aromatic heterocycles. The maximum atomic E-state index is 11.7. The van der Waals surface area contributed by atoms with Crippen molar-refractivity contribution in [1.82, 2.24) is 0 Å². The molecule has 0 amide bonds. The van der Waals surface area contributed by atoms with E-state index >= 15 is 0 Å². The molecule has 0 unspecified atom stereocenters. The minimum Gasteiger partial charge on any atom is -0.460 e. The molecule has 1 fully saturated rings. The number of hydrogen-bond acceptors (Lipinski definition) is 3. The van der Waals surface area contributed by atoms with Crippen LogP contribution in [0.4, 0.5) is 0 Å². The highest BCUT2D eigenvalue weighted by atomic mass is 16.6. The van der Waals surface area contributed by atoms with E-state index in [0.29, 0.717) is 24.2 Å². The first-order valence-electron chi connectivity index (χ1n) is 7.86. The predicted molar refractivity (Wildman–Crippen MR) is 81.4 cm³/mol. The molecule has 0 spiro atoms. The smallest absolute Gasteiger partial charge is 0.306 e. The first-order valence-corrected chi connectivity index (χ1v) is 7.86. The summed E-state index contributed by atoms with van der Waals surface area (Å²) >= 11 is 0. The lowest BCUT2D eigenvalue weighted by molar-refractivity contribution is -0.156. The van der Waals surface area contributed by atoms with Gasteiger partial charge in [0.05, 0.1) is 5.60 Å². The van der Waals surface area contributed by atoms with Crippen LogP contribution in [0.2, 0.25) is 0 Å². The molecule has 1 saturated carbocycles. The van der Waals surface area contributed by atoms with Gasteiger partial charge in [-0.25, -0.2) is 0 Å². The molecule has 0 aromatic carbocycles. The monoisotopic (exact) mass is 284 g/mol. The van der Waals surface area contributed by atoms with Crippen molar-refractivity contribution in [3.8, 4) is 0 Å². The van der Waals surface area contributed by atoms with Crippen LogP contribution in [-0.4, -0.2) is 22.3 Å². The molecule has 0 heterocycles. The number of aliphatic hydroxyl groups is 1. The molecular weight excluding hydrogens is 252 g/mol. The molecule has 118 valence electrons. The topological polar surface area (TPSA) is 46.5 Å². The Morgan fingerprint density at radius 3 is 2.05 bits per heavy atom. The Labute approximate surface area is 124 Å². The number of ether oxygens (including phenoxy) is 1. The van der Waals surface area contributed by atoms with Crippen LogP contribution < -0.4 is 0 Å². The predicted octanol–water partition coefficient (Wildman–Crippen LogP) is 4.08. The third-order valence-corrected chi connectivity index (χ3v) is 4.36. The summed E-state index contributed by atoms with van der Waals surface area (Å²) in [6, 6.07) is 0. The van der Waals surface area contributed by atoms with Gasteiger partial charge >= 0.3 is 5.97 Å². The van der Waals surface area contributed by atoms with E-state index in [-0.39, 0.29) is 5.97 Å². The lowest BCUT2D eigenvalue weighted by Gasteiger charge is -2.41. The van der Waals surface area contributed by atoms with Crippen molar-refractivity contribution in [2.24, 2.45) is 11.3 Å². The van der Waals surface area contributed by atoms with Crippen LogP contribution in [0.15, 0.2) is 0 Å². The SMILES string of the molecule is CC(C)(C)OC(=O)CCC1(O)CCC(C(C)(C)C)CC1. The van der Waals surface area contributed by atoms with Gasteiger partial charge in [0.15, 0.2) is 0 Å². The second-order valence-electron chi connectivity index (χ2n) is 8.45. The maximum absolute atomic E-state index is 11.7. The Balaban J connectivity index is 2.40.